The minimum atomic E-state index is -1.40. The highest BCUT2D eigenvalue weighted by Crippen LogP contribution is 2.60. The van der Waals surface area contributed by atoms with Crippen molar-refractivity contribution in [1.82, 2.24) is 5.32 Å². The zero-order valence-corrected chi connectivity index (χ0v) is 20.1. The number of phenols is 1. The summed E-state index contributed by atoms with van der Waals surface area (Å²) in [7, 11) is 0. The lowest BCUT2D eigenvalue weighted by molar-refractivity contribution is -0.288. The molecule has 5 rings (SSSR count). The average molecular weight is 490 g/mol. The van der Waals surface area contributed by atoms with Crippen LogP contribution in [0.1, 0.15) is 56.6 Å². The fourth-order valence-corrected chi connectivity index (χ4v) is 7.26. The third-order valence-electron chi connectivity index (χ3n) is 8.95. The van der Waals surface area contributed by atoms with Crippen LogP contribution >= 0.6 is 0 Å². The zero-order chi connectivity index (χ0) is 25.1. The fraction of sp³-hybridized carbons (Fsp3) is 0.692. The summed E-state index contributed by atoms with van der Waals surface area (Å²) in [6.07, 6.45) is -1.95. The largest absolute Gasteiger partial charge is 0.508 e. The van der Waals surface area contributed by atoms with Crippen molar-refractivity contribution in [2.75, 3.05) is 6.61 Å². The predicted molar refractivity (Wildman–Crippen MR) is 123 cm³/mol. The highest BCUT2D eigenvalue weighted by atomic mass is 16.7. The first-order chi connectivity index (χ1) is 16.6. The number of ether oxygens (including phenoxy) is 2. The number of nitrogens with one attached hydrogen (secondary N) is 1. The Bertz CT molecular complexity index is 1000. The zero-order valence-electron chi connectivity index (χ0n) is 20.1. The van der Waals surface area contributed by atoms with Gasteiger partial charge in [-0.25, -0.2) is 0 Å². The smallest absolute Gasteiger partial charge is 0.217 e. The Morgan fingerprint density at radius 1 is 1.26 bits per heavy atom. The molecule has 3 fully saturated rings. The molecule has 4 aliphatic rings. The van der Waals surface area contributed by atoms with E-state index < -0.39 is 54.7 Å². The SMILES string of the molecule is CC(=O)N[C@H]1[C@H](O[C@H]2CC(=O)[C@@]3(C)CC[C@@H]4c5ccc(O)cc5CC[C@H]4[C@H]23)O[C@H](CO)[C@@H](O)[C@@H]1O. The molecule has 9 heteroatoms. The fourth-order valence-electron chi connectivity index (χ4n) is 7.26. The van der Waals surface area contributed by atoms with Gasteiger partial charge in [0.2, 0.25) is 5.91 Å². The Labute approximate surface area is 204 Å². The predicted octanol–water partition coefficient (Wildman–Crippen LogP) is 0.756. The first-order valence-electron chi connectivity index (χ1n) is 12.5. The number of carbonyl (C=O) groups is 2. The van der Waals surface area contributed by atoms with Crippen molar-refractivity contribution >= 4 is 11.7 Å². The van der Waals surface area contributed by atoms with Gasteiger partial charge in [0.15, 0.2) is 6.29 Å². The molecule has 3 aliphatic carbocycles. The average Bonchev–Trinajstić information content (AvgIpc) is 3.07. The highest BCUT2D eigenvalue weighted by molar-refractivity contribution is 5.88. The maximum absolute atomic E-state index is 13.3. The van der Waals surface area contributed by atoms with Gasteiger partial charge in [0.05, 0.1) is 12.7 Å². The van der Waals surface area contributed by atoms with Crippen molar-refractivity contribution < 1.29 is 39.5 Å². The van der Waals surface area contributed by atoms with Gasteiger partial charge in [-0.2, -0.15) is 0 Å². The van der Waals surface area contributed by atoms with Crippen LogP contribution in [0.25, 0.3) is 0 Å². The van der Waals surface area contributed by atoms with E-state index in [1.807, 2.05) is 19.1 Å². The molecule has 0 radical (unpaired) electrons. The summed E-state index contributed by atoms with van der Waals surface area (Å²) in [5.41, 5.74) is 1.84. The lowest BCUT2D eigenvalue weighted by atomic mass is 9.55. The molecule has 2 saturated carbocycles. The first-order valence-corrected chi connectivity index (χ1v) is 12.5. The number of rotatable bonds is 4. The molecule has 0 aromatic heterocycles. The number of phenolic OH excluding ortho intramolecular Hbond substituents is 1. The number of ketones is 1. The molecule has 1 amide bonds. The topological polar surface area (TPSA) is 146 Å². The minimum Gasteiger partial charge on any atom is -0.508 e. The third-order valence-corrected chi connectivity index (χ3v) is 8.95. The second kappa shape index (κ2) is 9.12. The Morgan fingerprint density at radius 3 is 2.74 bits per heavy atom. The van der Waals surface area contributed by atoms with Crippen molar-refractivity contribution in [3.8, 4) is 5.75 Å². The van der Waals surface area contributed by atoms with Crippen LogP contribution in [0.3, 0.4) is 0 Å². The molecule has 1 saturated heterocycles. The van der Waals surface area contributed by atoms with E-state index in [2.05, 4.69) is 5.32 Å². The standard InChI is InChI=1S/C26H35NO8/c1-12(29)27-22-24(33)23(32)19(11-28)35-25(22)34-18-10-20(31)26(2)8-7-16-15-6-4-14(30)9-13(15)3-5-17(16)21(18)26/h4,6,9,16-19,21-25,28,30,32-33H,3,5,7-8,10-11H2,1-2H3,(H,27,29)/t16-,17-,18+,19-,21-,22-,23-,24-,25-,26-/m1/s1. The molecular formula is C26H35NO8. The number of amides is 1. The number of hydrogen-bond acceptors (Lipinski definition) is 8. The molecular weight excluding hydrogens is 454 g/mol. The summed E-state index contributed by atoms with van der Waals surface area (Å²) in [6.45, 7) is 2.80. The summed E-state index contributed by atoms with van der Waals surface area (Å²) in [4.78, 5) is 25.1. The number of hydrogen-bond donors (Lipinski definition) is 5. The number of Topliss-reactive ketones (excluding diaryl/α,β-unsaturated/α-hetero) is 1. The quantitative estimate of drug-likeness (QED) is 0.417. The molecule has 1 aromatic carbocycles. The van der Waals surface area contributed by atoms with Crippen LogP contribution in [-0.4, -0.2) is 75.5 Å². The molecule has 9 nitrogen and oxygen atoms in total. The minimum absolute atomic E-state index is 0.0751. The molecule has 10 atom stereocenters. The van der Waals surface area contributed by atoms with Crippen LogP contribution in [0.4, 0.5) is 0 Å². The normalized spacial score (nSPS) is 42.7. The number of fused-ring (bicyclic) bond motifs is 5. The maximum Gasteiger partial charge on any atom is 0.217 e. The molecule has 192 valence electrons. The van der Waals surface area contributed by atoms with Crippen molar-refractivity contribution in [3.63, 3.8) is 0 Å². The molecule has 35 heavy (non-hydrogen) atoms. The van der Waals surface area contributed by atoms with Crippen molar-refractivity contribution in [3.05, 3.63) is 29.3 Å². The van der Waals surface area contributed by atoms with E-state index in [1.54, 1.807) is 6.07 Å². The second-order valence-electron chi connectivity index (χ2n) is 10.9. The van der Waals surface area contributed by atoms with Gasteiger partial charge in [0.25, 0.3) is 0 Å². The Balaban J connectivity index is 1.44. The maximum atomic E-state index is 13.3. The van der Waals surface area contributed by atoms with Crippen molar-refractivity contribution in [2.24, 2.45) is 17.3 Å². The van der Waals surface area contributed by atoms with E-state index in [1.165, 1.54) is 12.5 Å². The van der Waals surface area contributed by atoms with Crippen LogP contribution < -0.4 is 5.32 Å². The summed E-state index contributed by atoms with van der Waals surface area (Å²) in [5, 5.41) is 43.2. The van der Waals surface area contributed by atoms with Gasteiger partial charge in [0, 0.05) is 24.7 Å². The van der Waals surface area contributed by atoms with Gasteiger partial charge in [-0.3, -0.25) is 9.59 Å². The molecule has 0 bridgehead atoms. The van der Waals surface area contributed by atoms with E-state index in [-0.39, 0.29) is 35.7 Å². The molecule has 1 aliphatic heterocycles. The van der Waals surface area contributed by atoms with Gasteiger partial charge >= 0.3 is 0 Å². The Kier molecular flexibility index (Phi) is 6.42. The highest BCUT2D eigenvalue weighted by Gasteiger charge is 2.60. The molecule has 1 heterocycles. The second-order valence-corrected chi connectivity index (χ2v) is 10.9. The van der Waals surface area contributed by atoms with Gasteiger partial charge < -0.3 is 35.2 Å². The van der Waals surface area contributed by atoms with Gasteiger partial charge in [-0.05, 0) is 60.8 Å². The van der Waals surface area contributed by atoms with Crippen molar-refractivity contribution in [2.45, 2.75) is 88.6 Å². The summed E-state index contributed by atoms with van der Waals surface area (Å²) >= 11 is 0. The number of benzene rings is 1. The van der Waals surface area contributed by atoms with Crippen LogP contribution in [0.15, 0.2) is 18.2 Å². The van der Waals surface area contributed by atoms with E-state index >= 15 is 0 Å². The number of aryl methyl sites for hydroxylation is 1. The summed E-state index contributed by atoms with van der Waals surface area (Å²) < 4.78 is 12.2. The lowest BCUT2D eigenvalue weighted by Crippen LogP contribution is -2.65. The molecule has 0 spiro atoms. The summed E-state index contributed by atoms with van der Waals surface area (Å²) in [6, 6.07) is 4.51. The van der Waals surface area contributed by atoms with E-state index in [0.29, 0.717) is 0 Å². The van der Waals surface area contributed by atoms with E-state index in [0.717, 1.165) is 31.2 Å². The number of aliphatic hydroxyl groups excluding tert-OH is 3. The summed E-state index contributed by atoms with van der Waals surface area (Å²) in [5.74, 6) is 0.373. The van der Waals surface area contributed by atoms with Crippen molar-refractivity contribution in [1.29, 1.82) is 0 Å². The van der Waals surface area contributed by atoms with E-state index in [9.17, 15) is 30.0 Å². The monoisotopic (exact) mass is 489 g/mol. The Hall–Kier alpha value is -2.04. The molecule has 5 N–H and O–H groups in total. The first kappa shape index (κ1) is 24.6. The van der Waals surface area contributed by atoms with Gasteiger partial charge in [0.1, 0.15) is 35.9 Å². The van der Waals surface area contributed by atoms with Crippen LogP contribution in [0.2, 0.25) is 0 Å². The van der Waals surface area contributed by atoms with Gasteiger partial charge in [-0.15, -0.1) is 0 Å². The lowest BCUT2D eigenvalue weighted by Gasteiger charge is -2.50. The third kappa shape index (κ3) is 4.07. The van der Waals surface area contributed by atoms with Crippen LogP contribution in [0, 0.1) is 17.3 Å². The number of aromatic hydroxyl groups is 1. The number of aliphatic hydroxyl groups is 3. The van der Waals surface area contributed by atoms with Crippen LogP contribution in [0.5, 0.6) is 5.75 Å². The van der Waals surface area contributed by atoms with Crippen LogP contribution in [-0.2, 0) is 25.5 Å². The number of carbonyl (C=O) groups excluding carboxylic acids is 2. The molecule has 0 unspecified atom stereocenters. The van der Waals surface area contributed by atoms with Gasteiger partial charge in [-0.1, -0.05) is 13.0 Å². The Morgan fingerprint density at radius 2 is 2.03 bits per heavy atom. The molecule has 1 aromatic rings. The van der Waals surface area contributed by atoms with E-state index in [4.69, 9.17) is 9.47 Å².